The van der Waals surface area contributed by atoms with Gasteiger partial charge in [-0.25, -0.2) is 0 Å². The van der Waals surface area contributed by atoms with Crippen LogP contribution in [0.5, 0.6) is 17.2 Å². The molecule has 0 bridgehead atoms. The number of ether oxygens (including phenoxy) is 4. The number of benzene rings is 2. The molecule has 1 aliphatic rings. The second kappa shape index (κ2) is 10.2. The minimum absolute atomic E-state index is 0.125. The SMILES string of the molecule is CCOC(Cc1ccc(OCC(C)N2COc3ccc(OC)cc3C2=O)cc1)C(N)=O. The number of amides is 2. The van der Waals surface area contributed by atoms with Gasteiger partial charge in [0.05, 0.1) is 18.7 Å². The van der Waals surface area contributed by atoms with Crippen molar-refractivity contribution < 1.29 is 28.5 Å². The molecule has 8 nitrogen and oxygen atoms in total. The van der Waals surface area contributed by atoms with Crippen LogP contribution in [-0.2, 0) is 16.0 Å². The molecular weight excluding hydrogens is 400 g/mol. The summed E-state index contributed by atoms with van der Waals surface area (Å²) in [5.74, 6) is 1.20. The smallest absolute Gasteiger partial charge is 0.260 e. The highest BCUT2D eigenvalue weighted by Crippen LogP contribution is 2.29. The third kappa shape index (κ3) is 5.46. The third-order valence-electron chi connectivity index (χ3n) is 5.09. The Kier molecular flexibility index (Phi) is 7.36. The summed E-state index contributed by atoms with van der Waals surface area (Å²) in [6, 6.07) is 12.3. The summed E-state index contributed by atoms with van der Waals surface area (Å²) in [6.07, 6.45) is -0.245. The Hall–Kier alpha value is -3.26. The molecule has 1 heterocycles. The molecule has 2 aromatic rings. The zero-order valence-electron chi connectivity index (χ0n) is 18.0. The van der Waals surface area contributed by atoms with Gasteiger partial charge in [0.25, 0.3) is 5.91 Å². The van der Waals surface area contributed by atoms with Crippen molar-refractivity contribution in [2.45, 2.75) is 32.4 Å². The lowest BCUT2D eigenvalue weighted by molar-refractivity contribution is -0.129. The second-order valence-corrected chi connectivity index (χ2v) is 7.26. The Balaban J connectivity index is 1.57. The molecule has 2 amide bonds. The van der Waals surface area contributed by atoms with Gasteiger partial charge in [0.15, 0.2) is 6.73 Å². The van der Waals surface area contributed by atoms with Crippen molar-refractivity contribution in [3.63, 3.8) is 0 Å². The molecule has 31 heavy (non-hydrogen) atoms. The standard InChI is InChI=1S/C23H28N2O6/c1-4-29-21(22(24)26)11-16-5-7-17(8-6-16)30-13-15(2)25-14-31-20-10-9-18(28-3)12-19(20)23(25)27/h5-10,12,15,21H,4,11,13-14H2,1-3H3,(H2,24,26). The first-order valence-corrected chi connectivity index (χ1v) is 10.2. The Morgan fingerprint density at radius 2 is 1.90 bits per heavy atom. The lowest BCUT2D eigenvalue weighted by Gasteiger charge is -2.33. The van der Waals surface area contributed by atoms with E-state index in [1.54, 1.807) is 30.2 Å². The molecule has 2 aromatic carbocycles. The van der Waals surface area contributed by atoms with Crippen LogP contribution in [0.3, 0.4) is 0 Å². The number of primary amides is 1. The van der Waals surface area contributed by atoms with Gasteiger partial charge in [-0.05, 0) is 49.7 Å². The number of rotatable bonds is 10. The van der Waals surface area contributed by atoms with Crippen molar-refractivity contribution in [1.82, 2.24) is 4.90 Å². The molecule has 0 saturated heterocycles. The van der Waals surface area contributed by atoms with E-state index in [0.717, 1.165) is 5.56 Å². The van der Waals surface area contributed by atoms with Crippen LogP contribution in [0.2, 0.25) is 0 Å². The average Bonchev–Trinajstić information content (AvgIpc) is 2.78. The predicted molar refractivity (Wildman–Crippen MR) is 114 cm³/mol. The molecule has 2 N–H and O–H groups in total. The van der Waals surface area contributed by atoms with E-state index in [1.165, 1.54) is 0 Å². The van der Waals surface area contributed by atoms with Crippen LogP contribution in [-0.4, -0.2) is 55.9 Å². The number of nitrogens with zero attached hydrogens (tertiary/aromatic N) is 1. The lowest BCUT2D eigenvalue weighted by atomic mass is 10.1. The van der Waals surface area contributed by atoms with E-state index >= 15 is 0 Å². The Morgan fingerprint density at radius 3 is 2.55 bits per heavy atom. The highest BCUT2D eigenvalue weighted by Gasteiger charge is 2.30. The van der Waals surface area contributed by atoms with Crippen LogP contribution in [0.25, 0.3) is 0 Å². The average molecular weight is 428 g/mol. The Labute approximate surface area is 181 Å². The molecule has 1 aliphatic heterocycles. The summed E-state index contributed by atoms with van der Waals surface area (Å²) in [6.45, 7) is 4.61. The fraction of sp³-hybridized carbons (Fsp3) is 0.391. The maximum Gasteiger partial charge on any atom is 0.260 e. The van der Waals surface area contributed by atoms with Gasteiger partial charge < -0.3 is 24.7 Å². The number of hydrogen-bond acceptors (Lipinski definition) is 6. The molecule has 3 rings (SSSR count). The zero-order chi connectivity index (χ0) is 22.4. The van der Waals surface area contributed by atoms with E-state index in [0.29, 0.717) is 42.4 Å². The van der Waals surface area contributed by atoms with Gasteiger partial charge in [-0.2, -0.15) is 0 Å². The van der Waals surface area contributed by atoms with Gasteiger partial charge in [0.2, 0.25) is 5.91 Å². The number of methoxy groups -OCH3 is 1. The van der Waals surface area contributed by atoms with Crippen LogP contribution in [0.1, 0.15) is 29.8 Å². The molecule has 0 spiro atoms. The van der Waals surface area contributed by atoms with E-state index in [2.05, 4.69) is 0 Å². The quantitative estimate of drug-likeness (QED) is 0.624. The van der Waals surface area contributed by atoms with E-state index in [4.69, 9.17) is 24.7 Å². The topological polar surface area (TPSA) is 100 Å². The van der Waals surface area contributed by atoms with Crippen LogP contribution >= 0.6 is 0 Å². The number of carbonyl (C=O) groups excluding carboxylic acids is 2. The molecule has 0 fully saturated rings. The second-order valence-electron chi connectivity index (χ2n) is 7.26. The van der Waals surface area contributed by atoms with Crippen molar-refractivity contribution in [3.8, 4) is 17.2 Å². The van der Waals surface area contributed by atoms with E-state index in [9.17, 15) is 9.59 Å². The van der Waals surface area contributed by atoms with Gasteiger partial charge in [-0.3, -0.25) is 14.5 Å². The molecule has 2 unspecified atom stereocenters. The molecule has 8 heteroatoms. The first-order valence-electron chi connectivity index (χ1n) is 10.2. The van der Waals surface area contributed by atoms with Crippen molar-refractivity contribution in [3.05, 3.63) is 53.6 Å². The normalized spacial score (nSPS) is 14.9. The number of fused-ring (bicyclic) bond motifs is 1. The molecular formula is C23H28N2O6. The largest absolute Gasteiger partial charge is 0.497 e. The Bertz CT molecular complexity index is 915. The van der Waals surface area contributed by atoms with Gasteiger partial charge in [-0.15, -0.1) is 0 Å². The summed E-state index contributed by atoms with van der Waals surface area (Å²) in [5, 5.41) is 0. The highest BCUT2D eigenvalue weighted by atomic mass is 16.5. The number of hydrogen-bond donors (Lipinski definition) is 1. The molecule has 0 aliphatic carbocycles. The summed E-state index contributed by atoms with van der Waals surface area (Å²) in [7, 11) is 1.56. The first kappa shape index (κ1) is 22.4. The molecule has 2 atom stereocenters. The Morgan fingerprint density at radius 1 is 1.19 bits per heavy atom. The highest BCUT2D eigenvalue weighted by molar-refractivity contribution is 5.98. The van der Waals surface area contributed by atoms with Crippen molar-refractivity contribution in [1.29, 1.82) is 0 Å². The fourth-order valence-electron chi connectivity index (χ4n) is 3.29. The van der Waals surface area contributed by atoms with E-state index in [-0.39, 0.29) is 18.7 Å². The van der Waals surface area contributed by atoms with Crippen LogP contribution in [0, 0.1) is 0 Å². The minimum atomic E-state index is -0.650. The van der Waals surface area contributed by atoms with Crippen molar-refractivity contribution in [2.75, 3.05) is 27.1 Å². The maximum atomic E-state index is 12.9. The van der Waals surface area contributed by atoms with Crippen LogP contribution in [0.15, 0.2) is 42.5 Å². The summed E-state index contributed by atoms with van der Waals surface area (Å²) in [5.41, 5.74) is 6.76. The van der Waals surface area contributed by atoms with Crippen LogP contribution < -0.4 is 19.9 Å². The van der Waals surface area contributed by atoms with E-state index in [1.807, 2.05) is 38.1 Å². The van der Waals surface area contributed by atoms with Crippen molar-refractivity contribution >= 4 is 11.8 Å². The van der Waals surface area contributed by atoms with Gasteiger partial charge >= 0.3 is 0 Å². The predicted octanol–water partition coefficient (Wildman–Crippen LogP) is 2.39. The molecule has 166 valence electrons. The van der Waals surface area contributed by atoms with Gasteiger partial charge in [0, 0.05) is 13.0 Å². The van der Waals surface area contributed by atoms with Gasteiger partial charge in [-0.1, -0.05) is 12.1 Å². The van der Waals surface area contributed by atoms with Crippen LogP contribution in [0.4, 0.5) is 0 Å². The molecule has 0 saturated carbocycles. The summed E-state index contributed by atoms with van der Waals surface area (Å²) in [4.78, 5) is 26.0. The number of nitrogens with two attached hydrogens (primary N) is 1. The zero-order valence-corrected chi connectivity index (χ0v) is 18.0. The summed E-state index contributed by atoms with van der Waals surface area (Å²) >= 11 is 0. The monoisotopic (exact) mass is 428 g/mol. The molecule has 0 aromatic heterocycles. The first-order chi connectivity index (χ1) is 14.9. The lowest BCUT2D eigenvalue weighted by Crippen LogP contribution is -2.46. The van der Waals surface area contributed by atoms with Gasteiger partial charge in [0.1, 0.15) is 30.0 Å². The number of carbonyl (C=O) groups is 2. The maximum absolute atomic E-state index is 12.9. The third-order valence-corrected chi connectivity index (χ3v) is 5.09. The minimum Gasteiger partial charge on any atom is -0.497 e. The van der Waals surface area contributed by atoms with E-state index < -0.39 is 12.0 Å². The summed E-state index contributed by atoms with van der Waals surface area (Å²) < 4.78 is 22.2. The fourth-order valence-corrected chi connectivity index (χ4v) is 3.29. The molecule has 0 radical (unpaired) electrons. The van der Waals surface area contributed by atoms with Crippen molar-refractivity contribution in [2.24, 2.45) is 5.73 Å².